The van der Waals surface area contributed by atoms with E-state index in [0.29, 0.717) is 29.1 Å². The second-order valence-electron chi connectivity index (χ2n) is 5.33. The van der Waals surface area contributed by atoms with Gasteiger partial charge in [-0.25, -0.2) is 9.78 Å². The maximum absolute atomic E-state index is 11.8. The van der Waals surface area contributed by atoms with Gasteiger partial charge in [0.2, 0.25) is 5.89 Å². The summed E-state index contributed by atoms with van der Waals surface area (Å²) in [5.74, 6) is 0.0225. The third-order valence-corrected chi connectivity index (χ3v) is 3.74. The van der Waals surface area contributed by atoms with Gasteiger partial charge in [-0.15, -0.1) is 0 Å². The van der Waals surface area contributed by atoms with Crippen LogP contribution >= 0.6 is 0 Å². The summed E-state index contributed by atoms with van der Waals surface area (Å²) in [4.78, 5) is 21.4. The molecule has 0 saturated carbocycles. The number of carbonyl (C=O) groups is 1. The van der Waals surface area contributed by atoms with Gasteiger partial charge in [-0.2, -0.15) is 5.06 Å². The normalized spacial score (nSPS) is 11.2. The van der Waals surface area contributed by atoms with Crippen molar-refractivity contribution in [3.05, 3.63) is 53.6 Å². The van der Waals surface area contributed by atoms with Crippen LogP contribution in [-0.2, 0) is 16.1 Å². The maximum atomic E-state index is 11.8. The van der Waals surface area contributed by atoms with Gasteiger partial charge in [-0.05, 0) is 29.8 Å². The van der Waals surface area contributed by atoms with Gasteiger partial charge in [0.15, 0.2) is 5.58 Å². The van der Waals surface area contributed by atoms with Crippen molar-refractivity contribution < 1.29 is 18.8 Å². The predicted molar refractivity (Wildman–Crippen MR) is 89.3 cm³/mol. The number of aromatic nitrogens is 1. The van der Waals surface area contributed by atoms with Crippen LogP contribution < -0.4 is 0 Å². The van der Waals surface area contributed by atoms with E-state index >= 15 is 0 Å². The molecule has 0 bridgehead atoms. The number of para-hydroxylation sites is 1. The van der Waals surface area contributed by atoms with Crippen LogP contribution in [0.5, 0.6) is 0 Å². The fourth-order valence-electron chi connectivity index (χ4n) is 2.42. The average molecular weight is 326 g/mol. The lowest BCUT2D eigenvalue weighted by Crippen LogP contribution is -2.15. The standard InChI is InChI=1S/C18H18N2O4/c1-20(23-3)11-12-7-9-13(10-8-12)17-19-15-6-4-5-14(16(15)24-17)18(21)22-2/h4-10H,11H2,1-3H3. The summed E-state index contributed by atoms with van der Waals surface area (Å²) in [6.45, 7) is 0.677. The SMILES string of the molecule is COC(=O)c1cccc2nc(-c3ccc(CN(C)OC)cc3)oc12. The largest absolute Gasteiger partial charge is 0.465 e. The molecule has 0 unspecified atom stereocenters. The minimum Gasteiger partial charge on any atom is -0.465 e. The van der Waals surface area contributed by atoms with Crippen molar-refractivity contribution >= 4 is 17.1 Å². The molecule has 0 radical (unpaired) electrons. The van der Waals surface area contributed by atoms with E-state index in [-0.39, 0.29) is 0 Å². The van der Waals surface area contributed by atoms with E-state index in [4.69, 9.17) is 14.0 Å². The van der Waals surface area contributed by atoms with Crippen LogP contribution in [0.15, 0.2) is 46.9 Å². The fraction of sp³-hybridized carbons (Fsp3) is 0.222. The molecule has 0 N–H and O–H groups in total. The molecule has 24 heavy (non-hydrogen) atoms. The zero-order valence-electron chi connectivity index (χ0n) is 13.8. The lowest BCUT2D eigenvalue weighted by molar-refractivity contribution is -0.116. The van der Waals surface area contributed by atoms with Crippen LogP contribution in [0.25, 0.3) is 22.6 Å². The summed E-state index contributed by atoms with van der Waals surface area (Å²) in [6, 6.07) is 13.1. The Kier molecular flexibility index (Phi) is 4.59. The minimum absolute atomic E-state index is 0.368. The van der Waals surface area contributed by atoms with Crippen molar-refractivity contribution in [1.29, 1.82) is 0 Å². The zero-order chi connectivity index (χ0) is 17.1. The first-order chi connectivity index (χ1) is 11.6. The smallest absolute Gasteiger partial charge is 0.341 e. The molecule has 2 aromatic carbocycles. The summed E-state index contributed by atoms with van der Waals surface area (Å²) in [7, 11) is 4.84. The Labute approximate surface area is 139 Å². The number of hydrogen-bond donors (Lipinski definition) is 0. The molecular weight excluding hydrogens is 308 g/mol. The monoisotopic (exact) mass is 326 g/mol. The van der Waals surface area contributed by atoms with E-state index in [9.17, 15) is 4.79 Å². The second kappa shape index (κ2) is 6.82. The highest BCUT2D eigenvalue weighted by molar-refractivity contribution is 6.01. The van der Waals surface area contributed by atoms with E-state index in [1.165, 1.54) is 7.11 Å². The highest BCUT2D eigenvalue weighted by atomic mass is 16.7. The lowest BCUT2D eigenvalue weighted by atomic mass is 10.1. The van der Waals surface area contributed by atoms with Crippen LogP contribution in [0.1, 0.15) is 15.9 Å². The van der Waals surface area contributed by atoms with Gasteiger partial charge in [-0.1, -0.05) is 18.2 Å². The van der Waals surface area contributed by atoms with Gasteiger partial charge in [0, 0.05) is 19.2 Å². The van der Waals surface area contributed by atoms with Gasteiger partial charge >= 0.3 is 5.97 Å². The number of methoxy groups -OCH3 is 1. The van der Waals surface area contributed by atoms with Gasteiger partial charge in [0.1, 0.15) is 11.1 Å². The lowest BCUT2D eigenvalue weighted by Gasteiger charge is -2.13. The number of hydroxylamine groups is 2. The molecule has 3 aromatic rings. The fourth-order valence-corrected chi connectivity index (χ4v) is 2.42. The summed E-state index contributed by atoms with van der Waals surface area (Å²) in [5.41, 5.74) is 3.37. The number of oxazole rings is 1. The third-order valence-electron chi connectivity index (χ3n) is 3.74. The molecule has 6 nitrogen and oxygen atoms in total. The van der Waals surface area contributed by atoms with E-state index in [1.54, 1.807) is 30.4 Å². The maximum Gasteiger partial charge on any atom is 0.341 e. The molecule has 0 aliphatic heterocycles. The van der Waals surface area contributed by atoms with Crippen LogP contribution in [-0.4, -0.2) is 37.3 Å². The molecule has 0 atom stereocenters. The average Bonchev–Trinajstić information content (AvgIpc) is 3.05. The summed E-state index contributed by atoms with van der Waals surface area (Å²) in [6.07, 6.45) is 0. The number of benzene rings is 2. The number of carbonyl (C=O) groups excluding carboxylic acids is 1. The number of hydrogen-bond acceptors (Lipinski definition) is 6. The first kappa shape index (κ1) is 16.2. The molecular formula is C18H18N2O4. The highest BCUT2D eigenvalue weighted by Gasteiger charge is 2.16. The van der Waals surface area contributed by atoms with E-state index in [0.717, 1.165) is 11.1 Å². The second-order valence-corrected chi connectivity index (χ2v) is 5.33. The Morgan fingerprint density at radius 2 is 1.92 bits per heavy atom. The molecule has 0 aliphatic rings. The Bertz CT molecular complexity index is 855. The summed E-state index contributed by atoms with van der Waals surface area (Å²) in [5, 5.41) is 1.73. The Morgan fingerprint density at radius 3 is 2.58 bits per heavy atom. The van der Waals surface area contributed by atoms with Crippen LogP contribution in [0.3, 0.4) is 0 Å². The number of nitrogens with zero attached hydrogens (tertiary/aromatic N) is 2. The Hall–Kier alpha value is -2.70. The van der Waals surface area contributed by atoms with Crippen molar-refractivity contribution in [2.24, 2.45) is 0 Å². The van der Waals surface area contributed by atoms with Crippen molar-refractivity contribution in [2.75, 3.05) is 21.3 Å². The van der Waals surface area contributed by atoms with Gasteiger partial charge in [-0.3, -0.25) is 0 Å². The van der Waals surface area contributed by atoms with Gasteiger partial charge in [0.25, 0.3) is 0 Å². The van der Waals surface area contributed by atoms with Gasteiger partial charge < -0.3 is 14.0 Å². The quantitative estimate of drug-likeness (QED) is 0.529. The Balaban J connectivity index is 1.94. The molecule has 0 saturated heterocycles. The van der Waals surface area contributed by atoms with Crippen molar-refractivity contribution in [2.45, 2.75) is 6.54 Å². The molecule has 0 spiro atoms. The molecule has 0 amide bonds. The molecule has 0 fully saturated rings. The summed E-state index contributed by atoms with van der Waals surface area (Å²) < 4.78 is 10.6. The number of esters is 1. The molecule has 6 heteroatoms. The molecule has 0 aliphatic carbocycles. The molecule has 3 rings (SSSR count). The Morgan fingerprint density at radius 1 is 1.17 bits per heavy atom. The first-order valence-corrected chi connectivity index (χ1v) is 7.45. The van der Waals surface area contributed by atoms with Gasteiger partial charge in [0.05, 0.1) is 14.2 Å². The predicted octanol–water partition coefficient (Wildman–Crippen LogP) is 3.27. The van der Waals surface area contributed by atoms with E-state index in [1.807, 2.05) is 31.3 Å². The zero-order valence-corrected chi connectivity index (χ0v) is 13.8. The van der Waals surface area contributed by atoms with Crippen LogP contribution in [0.2, 0.25) is 0 Å². The molecule has 1 aromatic heterocycles. The molecule has 124 valence electrons. The first-order valence-electron chi connectivity index (χ1n) is 7.45. The molecule has 1 heterocycles. The van der Waals surface area contributed by atoms with E-state index in [2.05, 4.69) is 4.98 Å². The van der Waals surface area contributed by atoms with Crippen LogP contribution in [0, 0.1) is 0 Å². The van der Waals surface area contributed by atoms with Crippen LogP contribution in [0.4, 0.5) is 0 Å². The highest BCUT2D eigenvalue weighted by Crippen LogP contribution is 2.27. The van der Waals surface area contributed by atoms with E-state index < -0.39 is 5.97 Å². The number of ether oxygens (including phenoxy) is 1. The minimum atomic E-state index is -0.443. The van der Waals surface area contributed by atoms with Crippen molar-refractivity contribution in [3.63, 3.8) is 0 Å². The topological polar surface area (TPSA) is 64.8 Å². The van der Waals surface area contributed by atoms with Crippen molar-refractivity contribution in [3.8, 4) is 11.5 Å². The number of rotatable bonds is 5. The van der Waals surface area contributed by atoms with Crippen molar-refractivity contribution in [1.82, 2.24) is 10.0 Å². The summed E-state index contributed by atoms with van der Waals surface area (Å²) >= 11 is 0. The third kappa shape index (κ3) is 3.15. The number of fused-ring (bicyclic) bond motifs is 1.